The summed E-state index contributed by atoms with van der Waals surface area (Å²) >= 11 is 5.87. The van der Waals surface area contributed by atoms with Gasteiger partial charge in [0.1, 0.15) is 0 Å². The van der Waals surface area contributed by atoms with Gasteiger partial charge in [0, 0.05) is 49.9 Å². The number of nitrogens with zero attached hydrogens (tertiary/aromatic N) is 3. The van der Waals surface area contributed by atoms with Crippen LogP contribution in [0.2, 0.25) is 5.02 Å². The van der Waals surface area contributed by atoms with Crippen LogP contribution in [0.25, 0.3) is 0 Å². The maximum atomic E-state index is 12.9. The molecule has 0 saturated carbocycles. The van der Waals surface area contributed by atoms with Gasteiger partial charge in [-0.15, -0.1) is 0 Å². The Kier molecular flexibility index (Phi) is 6.95. The highest BCUT2D eigenvalue weighted by molar-refractivity contribution is 7.89. The van der Waals surface area contributed by atoms with Crippen LogP contribution in [0.4, 0.5) is 0 Å². The van der Waals surface area contributed by atoms with E-state index in [0.29, 0.717) is 17.1 Å². The van der Waals surface area contributed by atoms with E-state index in [-0.39, 0.29) is 17.3 Å². The zero-order chi connectivity index (χ0) is 21.0. The largest absolute Gasteiger partial charge is 0.336 e. The number of halogens is 1. The molecule has 0 N–H and O–H groups in total. The highest BCUT2D eigenvalue weighted by Gasteiger charge is 2.24. The van der Waals surface area contributed by atoms with Gasteiger partial charge < -0.3 is 9.80 Å². The van der Waals surface area contributed by atoms with Crippen molar-refractivity contribution in [3.05, 3.63) is 64.7 Å². The maximum absolute atomic E-state index is 12.9. The lowest BCUT2D eigenvalue weighted by Crippen LogP contribution is -2.47. The van der Waals surface area contributed by atoms with Crippen molar-refractivity contribution in [1.82, 2.24) is 14.1 Å². The fourth-order valence-corrected chi connectivity index (χ4v) is 4.83. The predicted molar refractivity (Wildman–Crippen MR) is 115 cm³/mol. The van der Waals surface area contributed by atoms with Crippen LogP contribution in [-0.4, -0.2) is 68.2 Å². The molecule has 0 atom stereocenters. The fourth-order valence-electron chi connectivity index (χ4n) is 3.27. The molecule has 1 fully saturated rings. The first-order chi connectivity index (χ1) is 13.8. The van der Waals surface area contributed by atoms with Crippen molar-refractivity contribution >= 4 is 27.5 Å². The molecule has 2 aromatic carbocycles. The average molecular weight is 436 g/mol. The number of likely N-dealkylation sites (N-methyl/N-ethyl adjacent to an activating group) is 1. The highest BCUT2D eigenvalue weighted by atomic mass is 35.5. The molecule has 1 aliphatic heterocycles. The van der Waals surface area contributed by atoms with Crippen molar-refractivity contribution in [3.63, 3.8) is 0 Å². The molecular weight excluding hydrogens is 410 g/mol. The van der Waals surface area contributed by atoms with Crippen LogP contribution in [0, 0.1) is 0 Å². The number of hydrogen-bond donors (Lipinski definition) is 0. The summed E-state index contributed by atoms with van der Waals surface area (Å²) in [5.74, 6) is 0.0192. The van der Waals surface area contributed by atoms with Crippen molar-refractivity contribution < 1.29 is 13.2 Å². The number of sulfonamides is 1. The van der Waals surface area contributed by atoms with Gasteiger partial charge in [-0.1, -0.05) is 30.7 Å². The summed E-state index contributed by atoms with van der Waals surface area (Å²) in [6, 6.07) is 13.4. The van der Waals surface area contributed by atoms with E-state index in [1.54, 1.807) is 31.2 Å². The molecule has 0 aliphatic carbocycles. The number of carbonyl (C=O) groups excluding carboxylic acids is 1. The topological polar surface area (TPSA) is 60.9 Å². The van der Waals surface area contributed by atoms with Crippen molar-refractivity contribution in [2.45, 2.75) is 18.4 Å². The van der Waals surface area contributed by atoms with Crippen LogP contribution in [0.15, 0.2) is 53.4 Å². The zero-order valence-electron chi connectivity index (χ0n) is 16.7. The van der Waals surface area contributed by atoms with Gasteiger partial charge in [0.05, 0.1) is 4.90 Å². The summed E-state index contributed by atoms with van der Waals surface area (Å²) < 4.78 is 27.2. The first kappa shape index (κ1) is 21.8. The van der Waals surface area contributed by atoms with Gasteiger partial charge in [0.15, 0.2) is 0 Å². The molecule has 0 aromatic heterocycles. The number of hydrogen-bond acceptors (Lipinski definition) is 4. The van der Waals surface area contributed by atoms with Crippen LogP contribution in [0.3, 0.4) is 0 Å². The van der Waals surface area contributed by atoms with Gasteiger partial charge in [0.2, 0.25) is 10.0 Å². The van der Waals surface area contributed by atoms with E-state index in [4.69, 9.17) is 11.6 Å². The predicted octanol–water partition coefficient (Wildman–Crippen LogP) is 2.94. The molecule has 1 amide bonds. The summed E-state index contributed by atoms with van der Waals surface area (Å²) in [7, 11) is -1.57. The van der Waals surface area contributed by atoms with E-state index < -0.39 is 10.0 Å². The normalized spacial score (nSPS) is 15.7. The lowest BCUT2D eigenvalue weighted by atomic mass is 10.1. The monoisotopic (exact) mass is 435 g/mol. The van der Waals surface area contributed by atoms with Crippen LogP contribution in [0.1, 0.15) is 22.8 Å². The Labute approximate surface area is 177 Å². The summed E-state index contributed by atoms with van der Waals surface area (Å²) in [6.45, 7) is 5.58. The van der Waals surface area contributed by atoms with E-state index in [1.807, 2.05) is 24.1 Å². The third kappa shape index (κ3) is 5.17. The Morgan fingerprint density at radius 1 is 1.00 bits per heavy atom. The van der Waals surface area contributed by atoms with Crippen molar-refractivity contribution in [2.24, 2.45) is 0 Å². The number of benzene rings is 2. The minimum Gasteiger partial charge on any atom is -0.336 e. The third-order valence-electron chi connectivity index (χ3n) is 5.15. The summed E-state index contributed by atoms with van der Waals surface area (Å²) in [4.78, 5) is 16.9. The molecule has 1 saturated heterocycles. The summed E-state index contributed by atoms with van der Waals surface area (Å²) in [6.07, 6.45) is 0. The van der Waals surface area contributed by atoms with Crippen LogP contribution in [-0.2, 0) is 16.6 Å². The number of carbonyl (C=O) groups is 1. The van der Waals surface area contributed by atoms with Crippen molar-refractivity contribution in [3.8, 4) is 0 Å². The SMILES string of the molecule is CCN(Cc1ccc(C(=O)N2CCN(C)CC2)cc1)S(=O)(=O)c1ccc(Cl)cc1. The van der Waals surface area contributed by atoms with Gasteiger partial charge in [0.25, 0.3) is 5.91 Å². The molecule has 1 aliphatic rings. The quantitative estimate of drug-likeness (QED) is 0.699. The molecule has 6 nitrogen and oxygen atoms in total. The first-order valence-electron chi connectivity index (χ1n) is 9.63. The van der Waals surface area contributed by atoms with Crippen LogP contribution < -0.4 is 0 Å². The van der Waals surface area contributed by atoms with E-state index in [0.717, 1.165) is 31.7 Å². The van der Waals surface area contributed by atoms with E-state index in [9.17, 15) is 13.2 Å². The maximum Gasteiger partial charge on any atom is 0.253 e. The minimum absolute atomic E-state index is 0.0192. The second-order valence-corrected chi connectivity index (χ2v) is 9.55. The molecule has 0 spiro atoms. The Hall–Kier alpha value is -1.93. The molecule has 29 heavy (non-hydrogen) atoms. The third-order valence-corrected chi connectivity index (χ3v) is 7.34. The number of piperazine rings is 1. The molecular formula is C21H26ClN3O3S. The zero-order valence-corrected chi connectivity index (χ0v) is 18.3. The van der Waals surface area contributed by atoms with E-state index >= 15 is 0 Å². The second kappa shape index (κ2) is 9.26. The molecule has 1 heterocycles. The first-order valence-corrected chi connectivity index (χ1v) is 11.5. The van der Waals surface area contributed by atoms with Gasteiger partial charge in [-0.25, -0.2) is 8.42 Å². The smallest absolute Gasteiger partial charge is 0.253 e. The van der Waals surface area contributed by atoms with Gasteiger partial charge in [-0.3, -0.25) is 4.79 Å². The lowest BCUT2D eigenvalue weighted by Gasteiger charge is -2.32. The number of amides is 1. The average Bonchev–Trinajstić information content (AvgIpc) is 2.72. The minimum atomic E-state index is -3.62. The highest BCUT2D eigenvalue weighted by Crippen LogP contribution is 2.21. The molecule has 3 rings (SSSR count). The molecule has 156 valence electrons. The van der Waals surface area contributed by atoms with Crippen LogP contribution >= 0.6 is 11.6 Å². The summed E-state index contributed by atoms with van der Waals surface area (Å²) in [5.41, 5.74) is 1.46. The number of rotatable bonds is 6. The standard InChI is InChI=1S/C21H26ClN3O3S/c1-3-25(29(27,28)20-10-8-19(22)9-11-20)16-17-4-6-18(7-5-17)21(26)24-14-12-23(2)13-15-24/h4-11H,3,12-16H2,1-2H3. The molecule has 0 radical (unpaired) electrons. The Balaban J connectivity index is 1.70. The summed E-state index contributed by atoms with van der Waals surface area (Å²) in [5, 5.41) is 0.493. The molecule has 8 heteroatoms. The fraction of sp³-hybridized carbons (Fsp3) is 0.381. The Morgan fingerprint density at radius 3 is 2.14 bits per heavy atom. The van der Waals surface area contributed by atoms with Gasteiger partial charge in [-0.2, -0.15) is 4.31 Å². The lowest BCUT2D eigenvalue weighted by molar-refractivity contribution is 0.0664. The van der Waals surface area contributed by atoms with E-state index in [1.165, 1.54) is 16.4 Å². The van der Waals surface area contributed by atoms with Crippen molar-refractivity contribution in [1.29, 1.82) is 0 Å². The Morgan fingerprint density at radius 2 is 1.59 bits per heavy atom. The molecule has 0 bridgehead atoms. The molecule has 0 unspecified atom stereocenters. The van der Waals surface area contributed by atoms with Gasteiger partial charge in [-0.05, 0) is 49.0 Å². The van der Waals surface area contributed by atoms with E-state index in [2.05, 4.69) is 4.90 Å². The van der Waals surface area contributed by atoms with Crippen LogP contribution in [0.5, 0.6) is 0 Å². The van der Waals surface area contributed by atoms with Gasteiger partial charge >= 0.3 is 0 Å². The Bertz CT molecular complexity index is 938. The molecule has 2 aromatic rings. The second-order valence-electron chi connectivity index (χ2n) is 7.18. The van der Waals surface area contributed by atoms with Crippen molar-refractivity contribution in [2.75, 3.05) is 39.8 Å².